The summed E-state index contributed by atoms with van der Waals surface area (Å²) in [5, 5.41) is 3.02. The molecule has 0 saturated carbocycles. The van der Waals surface area contributed by atoms with Gasteiger partial charge in [-0.2, -0.15) is 0 Å². The molecule has 0 bridgehead atoms. The Morgan fingerprint density at radius 2 is 1.61 bits per heavy atom. The lowest BCUT2D eigenvalue weighted by atomic mass is 9.85. The van der Waals surface area contributed by atoms with Crippen LogP contribution in [0.3, 0.4) is 0 Å². The predicted molar refractivity (Wildman–Crippen MR) is 77.1 cm³/mol. The summed E-state index contributed by atoms with van der Waals surface area (Å²) in [6.45, 7) is 14.4. The lowest BCUT2D eigenvalue weighted by Crippen LogP contribution is -2.40. The summed E-state index contributed by atoms with van der Waals surface area (Å²) in [7, 11) is 0. The van der Waals surface area contributed by atoms with Gasteiger partial charge in [-0.15, -0.1) is 0 Å². The van der Waals surface area contributed by atoms with Crippen molar-refractivity contribution in [1.29, 1.82) is 0 Å². The highest BCUT2D eigenvalue weighted by Crippen LogP contribution is 2.24. The lowest BCUT2D eigenvalue weighted by Gasteiger charge is -2.23. The van der Waals surface area contributed by atoms with Gasteiger partial charge in [-0.3, -0.25) is 4.79 Å². The van der Waals surface area contributed by atoms with Crippen LogP contribution in [0, 0.1) is 6.92 Å². The first-order valence-corrected chi connectivity index (χ1v) is 6.44. The first kappa shape index (κ1) is 14.7. The number of hydrogen-bond donors (Lipinski definition) is 1. The number of carbonyl (C=O) groups excluding carboxylic acids is 1. The second kappa shape index (κ2) is 4.75. The van der Waals surface area contributed by atoms with E-state index in [0.29, 0.717) is 0 Å². The monoisotopic (exact) mass is 247 g/mol. The van der Waals surface area contributed by atoms with Crippen molar-refractivity contribution in [1.82, 2.24) is 5.32 Å². The molecule has 0 unspecified atom stereocenters. The van der Waals surface area contributed by atoms with Gasteiger partial charge in [0.1, 0.15) is 0 Å². The Hall–Kier alpha value is -1.31. The molecular formula is C16H25NO. The maximum Gasteiger partial charge on any atom is 0.251 e. The molecule has 0 aliphatic carbocycles. The summed E-state index contributed by atoms with van der Waals surface area (Å²) < 4.78 is 0. The zero-order valence-corrected chi connectivity index (χ0v) is 12.6. The van der Waals surface area contributed by atoms with Crippen molar-refractivity contribution >= 4 is 5.91 Å². The Morgan fingerprint density at radius 3 is 2.06 bits per heavy atom. The fourth-order valence-corrected chi connectivity index (χ4v) is 1.74. The van der Waals surface area contributed by atoms with Crippen molar-refractivity contribution < 1.29 is 4.79 Å². The number of nitrogens with one attached hydrogen (secondary N) is 1. The van der Waals surface area contributed by atoms with Crippen molar-refractivity contribution in [3.63, 3.8) is 0 Å². The van der Waals surface area contributed by atoms with E-state index in [1.54, 1.807) is 0 Å². The normalized spacial score (nSPS) is 12.4. The molecule has 1 aromatic carbocycles. The maximum absolute atomic E-state index is 12.2. The lowest BCUT2D eigenvalue weighted by molar-refractivity contribution is 0.0919. The van der Waals surface area contributed by atoms with Crippen LogP contribution in [-0.2, 0) is 5.41 Å². The molecule has 1 rings (SSSR count). The minimum absolute atomic E-state index is 0.00565. The smallest absolute Gasteiger partial charge is 0.251 e. The highest BCUT2D eigenvalue weighted by Gasteiger charge is 2.20. The molecule has 1 N–H and O–H groups in total. The van der Waals surface area contributed by atoms with Crippen LogP contribution in [-0.4, -0.2) is 11.4 Å². The average molecular weight is 247 g/mol. The van der Waals surface area contributed by atoms with E-state index in [9.17, 15) is 4.79 Å². The topological polar surface area (TPSA) is 29.1 Å². The second-order valence-electron chi connectivity index (χ2n) is 6.98. The van der Waals surface area contributed by atoms with Crippen molar-refractivity contribution in [3.8, 4) is 0 Å². The van der Waals surface area contributed by atoms with E-state index in [2.05, 4.69) is 32.2 Å². The van der Waals surface area contributed by atoms with Crippen LogP contribution in [0.2, 0.25) is 0 Å². The van der Waals surface area contributed by atoms with Gasteiger partial charge in [-0.1, -0.05) is 32.9 Å². The fourth-order valence-electron chi connectivity index (χ4n) is 1.74. The van der Waals surface area contributed by atoms with Gasteiger partial charge >= 0.3 is 0 Å². The Balaban J connectivity index is 3.13. The molecule has 0 fully saturated rings. The van der Waals surface area contributed by atoms with Crippen LogP contribution in [0.4, 0.5) is 0 Å². The van der Waals surface area contributed by atoms with Crippen LogP contribution in [0.5, 0.6) is 0 Å². The largest absolute Gasteiger partial charge is 0.347 e. The summed E-state index contributed by atoms with van der Waals surface area (Å²) in [5.74, 6) is 0.00565. The molecule has 0 aliphatic rings. The third-order valence-corrected chi connectivity index (χ3v) is 2.84. The number of benzene rings is 1. The summed E-state index contributed by atoms with van der Waals surface area (Å²) in [6.07, 6.45) is 0. The van der Waals surface area contributed by atoms with Crippen LogP contribution in [0.15, 0.2) is 18.2 Å². The van der Waals surface area contributed by atoms with Crippen LogP contribution >= 0.6 is 0 Å². The third-order valence-electron chi connectivity index (χ3n) is 2.84. The highest BCUT2D eigenvalue weighted by atomic mass is 16.1. The molecule has 2 nitrogen and oxygen atoms in total. The summed E-state index contributed by atoms with van der Waals surface area (Å²) in [5.41, 5.74) is 2.83. The van der Waals surface area contributed by atoms with Gasteiger partial charge in [-0.25, -0.2) is 0 Å². The number of rotatable bonds is 1. The van der Waals surface area contributed by atoms with E-state index in [0.717, 1.165) is 11.1 Å². The molecule has 2 heteroatoms. The minimum atomic E-state index is -0.207. The molecule has 0 radical (unpaired) electrons. The van der Waals surface area contributed by atoms with Gasteiger partial charge < -0.3 is 5.32 Å². The number of amides is 1. The standard InChI is InChI=1S/C16H25NO/c1-11-8-9-12(15(2,3)4)10-13(11)14(18)17-16(5,6)7/h8-10H,1-7H3,(H,17,18). The molecule has 0 spiro atoms. The van der Waals surface area contributed by atoms with Crippen LogP contribution < -0.4 is 5.32 Å². The van der Waals surface area contributed by atoms with E-state index < -0.39 is 0 Å². The Bertz CT molecular complexity index is 447. The summed E-state index contributed by atoms with van der Waals surface area (Å²) in [4.78, 5) is 12.2. The first-order chi connectivity index (χ1) is 8.00. The molecule has 0 aliphatic heterocycles. The van der Waals surface area contributed by atoms with E-state index in [1.807, 2.05) is 39.8 Å². The molecule has 18 heavy (non-hydrogen) atoms. The Morgan fingerprint density at radius 1 is 1.06 bits per heavy atom. The van der Waals surface area contributed by atoms with E-state index in [1.165, 1.54) is 5.56 Å². The van der Waals surface area contributed by atoms with Crippen LogP contribution in [0.25, 0.3) is 0 Å². The fraction of sp³-hybridized carbons (Fsp3) is 0.562. The Labute approximate surface area is 111 Å². The van der Waals surface area contributed by atoms with Gasteiger partial charge in [0.25, 0.3) is 5.91 Å². The molecule has 0 atom stereocenters. The SMILES string of the molecule is Cc1ccc(C(C)(C)C)cc1C(=O)NC(C)(C)C. The first-order valence-electron chi connectivity index (χ1n) is 6.44. The molecule has 0 heterocycles. The van der Waals surface area contributed by atoms with E-state index in [4.69, 9.17) is 0 Å². The van der Waals surface area contributed by atoms with Gasteiger partial charge in [-0.05, 0) is 50.3 Å². The van der Waals surface area contributed by atoms with Gasteiger partial charge in [0, 0.05) is 11.1 Å². The zero-order chi connectivity index (χ0) is 14.1. The molecule has 1 aromatic rings. The molecule has 0 aromatic heterocycles. The predicted octanol–water partition coefficient (Wildman–Crippen LogP) is 3.82. The van der Waals surface area contributed by atoms with Crippen molar-refractivity contribution in [2.24, 2.45) is 0 Å². The van der Waals surface area contributed by atoms with Gasteiger partial charge in [0.15, 0.2) is 0 Å². The van der Waals surface area contributed by atoms with Gasteiger partial charge in [0.05, 0.1) is 0 Å². The van der Waals surface area contributed by atoms with E-state index >= 15 is 0 Å². The number of hydrogen-bond acceptors (Lipinski definition) is 1. The van der Waals surface area contributed by atoms with Crippen LogP contribution in [0.1, 0.15) is 63.0 Å². The molecule has 0 saturated heterocycles. The minimum Gasteiger partial charge on any atom is -0.347 e. The second-order valence-corrected chi connectivity index (χ2v) is 6.98. The summed E-state index contributed by atoms with van der Waals surface area (Å²) in [6, 6.07) is 6.14. The zero-order valence-electron chi connectivity index (χ0n) is 12.6. The van der Waals surface area contributed by atoms with Crippen molar-refractivity contribution in [2.45, 2.75) is 59.4 Å². The maximum atomic E-state index is 12.2. The molecule has 1 amide bonds. The molecular weight excluding hydrogens is 222 g/mol. The number of aryl methyl sites for hydroxylation is 1. The highest BCUT2D eigenvalue weighted by molar-refractivity contribution is 5.96. The van der Waals surface area contributed by atoms with Crippen molar-refractivity contribution in [2.75, 3.05) is 0 Å². The quantitative estimate of drug-likeness (QED) is 0.803. The van der Waals surface area contributed by atoms with E-state index in [-0.39, 0.29) is 16.9 Å². The summed E-state index contributed by atoms with van der Waals surface area (Å²) >= 11 is 0. The van der Waals surface area contributed by atoms with Crippen molar-refractivity contribution in [3.05, 3.63) is 34.9 Å². The average Bonchev–Trinajstić information content (AvgIpc) is 2.13. The van der Waals surface area contributed by atoms with Gasteiger partial charge in [0.2, 0.25) is 0 Å². The third kappa shape index (κ3) is 3.86. The molecule has 100 valence electrons. The number of carbonyl (C=O) groups is 1. The Kier molecular flexibility index (Phi) is 3.89.